The molecule has 1 aromatic heterocycles. The van der Waals surface area contributed by atoms with E-state index in [2.05, 4.69) is 10.3 Å². The van der Waals surface area contributed by atoms with Crippen LogP contribution in [0.3, 0.4) is 0 Å². The second-order valence-corrected chi connectivity index (χ2v) is 3.99. The molecule has 6 heteroatoms. The summed E-state index contributed by atoms with van der Waals surface area (Å²) in [4.78, 5) is 15.6. The maximum atomic E-state index is 11.9. The van der Waals surface area contributed by atoms with Crippen molar-refractivity contribution in [2.45, 2.75) is 0 Å². The van der Waals surface area contributed by atoms with Crippen molar-refractivity contribution in [3.05, 3.63) is 47.2 Å². The van der Waals surface area contributed by atoms with Gasteiger partial charge in [0.15, 0.2) is 0 Å². The number of nitrogen functional groups attached to an aromatic ring is 1. The average Bonchev–Trinajstić information content (AvgIpc) is 2.34. The molecule has 0 radical (unpaired) electrons. The second-order valence-electron chi connectivity index (χ2n) is 3.58. The van der Waals surface area contributed by atoms with Crippen molar-refractivity contribution in [1.29, 1.82) is 0 Å². The number of rotatable bonds is 2. The third kappa shape index (κ3) is 2.52. The van der Waals surface area contributed by atoms with Crippen molar-refractivity contribution >= 4 is 28.9 Å². The van der Waals surface area contributed by atoms with Gasteiger partial charge >= 0.3 is 0 Å². The molecular formula is C12H10ClN3O2. The van der Waals surface area contributed by atoms with Gasteiger partial charge in [-0.05, 0) is 24.3 Å². The predicted octanol–water partition coefficient (Wildman–Crippen LogP) is 2.28. The number of anilines is 2. The third-order valence-electron chi connectivity index (χ3n) is 2.30. The highest BCUT2D eigenvalue weighted by molar-refractivity contribution is 6.33. The largest absolute Gasteiger partial charge is 0.505 e. The van der Waals surface area contributed by atoms with Crippen LogP contribution in [0.15, 0.2) is 36.7 Å². The minimum Gasteiger partial charge on any atom is -0.505 e. The molecular weight excluding hydrogens is 254 g/mol. The monoisotopic (exact) mass is 263 g/mol. The normalized spacial score (nSPS) is 10.1. The number of carbonyl (C=O) groups is 1. The van der Waals surface area contributed by atoms with Gasteiger partial charge in [0.05, 0.1) is 22.5 Å². The van der Waals surface area contributed by atoms with Crippen LogP contribution in [0.1, 0.15) is 10.4 Å². The van der Waals surface area contributed by atoms with Gasteiger partial charge in [0.1, 0.15) is 5.75 Å². The number of nitrogens with one attached hydrogen (secondary N) is 1. The van der Waals surface area contributed by atoms with Crippen LogP contribution in [0.4, 0.5) is 11.4 Å². The van der Waals surface area contributed by atoms with Crippen molar-refractivity contribution in [1.82, 2.24) is 4.98 Å². The standard InChI is InChI=1S/C12H10ClN3O2/c13-9-5-7(1-2-10(9)14)16-12(18)8-3-4-15-6-11(8)17/h1-6,17H,14H2,(H,16,18). The quantitative estimate of drug-likeness (QED) is 0.725. The lowest BCUT2D eigenvalue weighted by Crippen LogP contribution is -2.12. The van der Waals surface area contributed by atoms with Crippen molar-refractivity contribution in [3.8, 4) is 5.75 Å². The molecule has 0 aliphatic rings. The van der Waals surface area contributed by atoms with E-state index in [1.165, 1.54) is 24.5 Å². The molecule has 0 unspecified atom stereocenters. The van der Waals surface area contributed by atoms with Gasteiger partial charge in [-0.15, -0.1) is 0 Å². The molecule has 1 heterocycles. The van der Waals surface area contributed by atoms with Crippen molar-refractivity contribution in [2.24, 2.45) is 0 Å². The summed E-state index contributed by atoms with van der Waals surface area (Å²) in [5.41, 5.74) is 6.63. The first kappa shape index (κ1) is 12.2. The molecule has 1 amide bonds. The summed E-state index contributed by atoms with van der Waals surface area (Å²) in [5.74, 6) is -0.632. The van der Waals surface area contributed by atoms with E-state index in [0.29, 0.717) is 16.4 Å². The smallest absolute Gasteiger partial charge is 0.259 e. The highest BCUT2D eigenvalue weighted by atomic mass is 35.5. The average molecular weight is 264 g/mol. The zero-order valence-corrected chi connectivity index (χ0v) is 9.98. The van der Waals surface area contributed by atoms with Crippen LogP contribution < -0.4 is 11.1 Å². The summed E-state index contributed by atoms with van der Waals surface area (Å²) in [7, 11) is 0. The minimum absolute atomic E-state index is 0.137. The van der Waals surface area contributed by atoms with Gasteiger partial charge in [0.25, 0.3) is 5.91 Å². The lowest BCUT2D eigenvalue weighted by Gasteiger charge is -2.07. The highest BCUT2D eigenvalue weighted by Crippen LogP contribution is 2.23. The Labute approximate surface area is 108 Å². The Hall–Kier alpha value is -2.27. The fraction of sp³-hybridized carbons (Fsp3) is 0. The third-order valence-corrected chi connectivity index (χ3v) is 2.63. The van der Waals surface area contributed by atoms with Gasteiger partial charge in [0.2, 0.25) is 0 Å². The number of pyridine rings is 1. The van der Waals surface area contributed by atoms with E-state index in [0.717, 1.165) is 0 Å². The van der Waals surface area contributed by atoms with Crippen molar-refractivity contribution in [3.63, 3.8) is 0 Å². The number of amides is 1. The Kier molecular flexibility index (Phi) is 3.34. The van der Waals surface area contributed by atoms with Gasteiger partial charge in [-0.1, -0.05) is 11.6 Å². The van der Waals surface area contributed by atoms with Crippen LogP contribution in [-0.2, 0) is 0 Å². The summed E-state index contributed by atoms with van der Waals surface area (Å²) in [6.07, 6.45) is 2.62. The number of nitrogens with two attached hydrogens (primary N) is 1. The molecule has 0 aliphatic carbocycles. The topological polar surface area (TPSA) is 88.2 Å². The molecule has 0 aliphatic heterocycles. The number of hydrogen-bond acceptors (Lipinski definition) is 4. The number of nitrogens with zero attached hydrogens (tertiary/aromatic N) is 1. The number of halogens is 1. The molecule has 2 rings (SSSR count). The van der Waals surface area contributed by atoms with Crippen LogP contribution >= 0.6 is 11.6 Å². The molecule has 2 aromatic rings. The zero-order valence-electron chi connectivity index (χ0n) is 9.22. The van der Waals surface area contributed by atoms with E-state index in [1.54, 1.807) is 12.1 Å². The molecule has 0 saturated heterocycles. The van der Waals surface area contributed by atoms with Gasteiger partial charge in [-0.3, -0.25) is 9.78 Å². The van der Waals surface area contributed by atoms with Crippen molar-refractivity contribution in [2.75, 3.05) is 11.1 Å². The molecule has 0 saturated carbocycles. The highest BCUT2D eigenvalue weighted by Gasteiger charge is 2.11. The predicted molar refractivity (Wildman–Crippen MR) is 69.7 cm³/mol. The van der Waals surface area contributed by atoms with Gasteiger partial charge in [0, 0.05) is 11.9 Å². The number of carbonyl (C=O) groups excluding carboxylic acids is 1. The molecule has 0 atom stereocenters. The number of hydrogen-bond donors (Lipinski definition) is 3. The summed E-state index contributed by atoms with van der Waals surface area (Å²) in [6.45, 7) is 0. The summed E-state index contributed by atoms with van der Waals surface area (Å²) >= 11 is 5.84. The Balaban J connectivity index is 2.22. The van der Waals surface area contributed by atoms with Crippen LogP contribution in [0.5, 0.6) is 5.75 Å². The Morgan fingerprint density at radius 2 is 2.17 bits per heavy atom. The Morgan fingerprint density at radius 1 is 1.39 bits per heavy atom. The van der Waals surface area contributed by atoms with Crippen LogP contribution in [0.2, 0.25) is 5.02 Å². The molecule has 4 N–H and O–H groups in total. The van der Waals surface area contributed by atoms with E-state index in [-0.39, 0.29) is 11.3 Å². The van der Waals surface area contributed by atoms with Crippen LogP contribution in [-0.4, -0.2) is 16.0 Å². The fourth-order valence-corrected chi connectivity index (χ4v) is 1.56. The second kappa shape index (κ2) is 4.93. The van der Waals surface area contributed by atoms with Crippen LogP contribution in [0, 0.1) is 0 Å². The first-order chi connectivity index (χ1) is 8.58. The Morgan fingerprint density at radius 3 is 2.83 bits per heavy atom. The maximum Gasteiger partial charge on any atom is 0.259 e. The number of aromatic hydroxyl groups is 1. The van der Waals surface area contributed by atoms with Crippen LogP contribution in [0.25, 0.3) is 0 Å². The lowest BCUT2D eigenvalue weighted by molar-refractivity contribution is 0.102. The van der Waals surface area contributed by atoms with Gasteiger partial charge in [-0.2, -0.15) is 0 Å². The van der Waals surface area contributed by atoms with E-state index >= 15 is 0 Å². The Bertz CT molecular complexity index is 602. The minimum atomic E-state index is -0.448. The SMILES string of the molecule is Nc1ccc(NC(=O)c2ccncc2O)cc1Cl. The van der Waals surface area contributed by atoms with Crippen molar-refractivity contribution < 1.29 is 9.90 Å². The molecule has 92 valence electrons. The molecule has 5 nitrogen and oxygen atoms in total. The molecule has 1 aromatic carbocycles. The lowest BCUT2D eigenvalue weighted by atomic mass is 10.2. The fourth-order valence-electron chi connectivity index (χ4n) is 1.38. The number of benzene rings is 1. The van der Waals surface area contributed by atoms with E-state index in [9.17, 15) is 9.90 Å². The first-order valence-corrected chi connectivity index (χ1v) is 5.45. The van der Waals surface area contributed by atoms with Gasteiger partial charge in [-0.25, -0.2) is 0 Å². The molecule has 0 fully saturated rings. The van der Waals surface area contributed by atoms with E-state index in [4.69, 9.17) is 17.3 Å². The molecule has 18 heavy (non-hydrogen) atoms. The summed E-state index contributed by atoms with van der Waals surface area (Å²) in [5, 5.41) is 12.4. The number of aromatic nitrogens is 1. The van der Waals surface area contributed by atoms with E-state index < -0.39 is 5.91 Å². The maximum absolute atomic E-state index is 11.9. The summed E-state index contributed by atoms with van der Waals surface area (Å²) < 4.78 is 0. The zero-order chi connectivity index (χ0) is 13.1. The molecule has 0 bridgehead atoms. The molecule has 0 spiro atoms. The van der Waals surface area contributed by atoms with Gasteiger partial charge < -0.3 is 16.2 Å². The first-order valence-electron chi connectivity index (χ1n) is 5.07. The summed E-state index contributed by atoms with van der Waals surface area (Å²) in [6, 6.07) is 6.16. The van der Waals surface area contributed by atoms with E-state index in [1.807, 2.05) is 0 Å².